The van der Waals surface area contributed by atoms with E-state index in [0.717, 1.165) is 10.5 Å². The van der Waals surface area contributed by atoms with Gasteiger partial charge in [-0.1, -0.05) is 30.3 Å². The van der Waals surface area contributed by atoms with Gasteiger partial charge in [-0.2, -0.15) is 0 Å². The first-order valence-corrected chi connectivity index (χ1v) is 8.90. The number of hydrogen-bond acceptors (Lipinski definition) is 2. The number of amides is 2. The first-order chi connectivity index (χ1) is 12.7. The van der Waals surface area contributed by atoms with Crippen LogP contribution in [-0.2, 0) is 9.59 Å². The molecule has 2 amide bonds. The zero-order valence-electron chi connectivity index (χ0n) is 16.2. The molecule has 0 aliphatic rings. The minimum absolute atomic E-state index is 0.129. The SMILES string of the molecule is C[NH+](CC(=O)NC(C)(C)C)[C@@H](C(=O)Nc1ccc(F)cc1)c1ccccc1. The monoisotopic (exact) mass is 372 g/mol. The van der Waals surface area contributed by atoms with Crippen LogP contribution >= 0.6 is 0 Å². The van der Waals surface area contributed by atoms with Crippen LogP contribution in [-0.4, -0.2) is 30.9 Å². The van der Waals surface area contributed by atoms with Crippen molar-refractivity contribution in [2.45, 2.75) is 32.4 Å². The molecule has 0 fully saturated rings. The Bertz CT molecular complexity index is 770. The van der Waals surface area contributed by atoms with E-state index in [2.05, 4.69) is 10.6 Å². The number of anilines is 1. The summed E-state index contributed by atoms with van der Waals surface area (Å²) >= 11 is 0. The van der Waals surface area contributed by atoms with E-state index >= 15 is 0 Å². The van der Waals surface area contributed by atoms with Crippen molar-refractivity contribution in [3.05, 3.63) is 66.0 Å². The molecule has 2 rings (SSSR count). The third kappa shape index (κ3) is 6.49. The lowest BCUT2D eigenvalue weighted by Crippen LogP contribution is -3.11. The maximum atomic E-state index is 13.1. The van der Waals surface area contributed by atoms with Gasteiger partial charge in [0.1, 0.15) is 5.82 Å². The van der Waals surface area contributed by atoms with Gasteiger partial charge < -0.3 is 15.5 Å². The number of hydrogen-bond donors (Lipinski definition) is 3. The van der Waals surface area contributed by atoms with Crippen molar-refractivity contribution in [1.82, 2.24) is 5.32 Å². The van der Waals surface area contributed by atoms with Gasteiger partial charge in [-0.15, -0.1) is 0 Å². The van der Waals surface area contributed by atoms with Gasteiger partial charge in [-0.05, 0) is 45.0 Å². The molecule has 0 saturated heterocycles. The van der Waals surface area contributed by atoms with Crippen molar-refractivity contribution < 1.29 is 18.9 Å². The molecule has 27 heavy (non-hydrogen) atoms. The fourth-order valence-corrected chi connectivity index (χ4v) is 2.87. The average molecular weight is 372 g/mol. The molecule has 0 aliphatic carbocycles. The van der Waals surface area contributed by atoms with E-state index in [1.54, 1.807) is 0 Å². The molecule has 0 radical (unpaired) electrons. The van der Waals surface area contributed by atoms with Gasteiger partial charge in [0.15, 0.2) is 12.6 Å². The predicted octanol–water partition coefficient (Wildman–Crippen LogP) is 1.93. The second kappa shape index (κ2) is 8.77. The summed E-state index contributed by atoms with van der Waals surface area (Å²) in [6.07, 6.45) is 0. The Morgan fingerprint density at radius 3 is 2.19 bits per heavy atom. The second-order valence-corrected chi connectivity index (χ2v) is 7.66. The summed E-state index contributed by atoms with van der Waals surface area (Å²) in [6, 6.07) is 14.3. The quantitative estimate of drug-likeness (QED) is 0.726. The van der Waals surface area contributed by atoms with Crippen molar-refractivity contribution in [3.63, 3.8) is 0 Å². The number of likely N-dealkylation sites (N-methyl/N-ethyl adjacent to an activating group) is 1. The van der Waals surface area contributed by atoms with Crippen LogP contribution in [0.1, 0.15) is 32.4 Å². The van der Waals surface area contributed by atoms with Crippen molar-refractivity contribution >= 4 is 17.5 Å². The van der Waals surface area contributed by atoms with Crippen molar-refractivity contribution in [3.8, 4) is 0 Å². The van der Waals surface area contributed by atoms with Crippen LogP contribution in [0.25, 0.3) is 0 Å². The molecule has 0 heterocycles. The van der Waals surface area contributed by atoms with Gasteiger partial charge in [0.2, 0.25) is 0 Å². The molecule has 0 saturated carbocycles. The normalized spacial score (nSPS) is 13.5. The lowest BCUT2D eigenvalue weighted by atomic mass is 10.0. The van der Waals surface area contributed by atoms with Gasteiger partial charge >= 0.3 is 0 Å². The van der Waals surface area contributed by atoms with Crippen LogP contribution < -0.4 is 15.5 Å². The van der Waals surface area contributed by atoms with Crippen LogP contribution in [0.5, 0.6) is 0 Å². The number of benzene rings is 2. The molecule has 0 aromatic heterocycles. The van der Waals surface area contributed by atoms with Crippen molar-refractivity contribution in [2.24, 2.45) is 0 Å². The number of nitrogens with one attached hydrogen (secondary N) is 3. The zero-order chi connectivity index (χ0) is 20.0. The smallest absolute Gasteiger partial charge is 0.287 e. The summed E-state index contributed by atoms with van der Waals surface area (Å²) in [6.45, 7) is 5.89. The Morgan fingerprint density at radius 1 is 1.04 bits per heavy atom. The highest BCUT2D eigenvalue weighted by Gasteiger charge is 2.31. The Hall–Kier alpha value is -2.73. The van der Waals surface area contributed by atoms with Crippen LogP contribution in [0.2, 0.25) is 0 Å². The van der Waals surface area contributed by atoms with E-state index in [-0.39, 0.29) is 29.7 Å². The standard InChI is InChI=1S/C21H26FN3O2/c1-21(2,3)24-18(26)14-25(4)19(15-8-6-5-7-9-15)20(27)23-17-12-10-16(22)11-13-17/h5-13,19H,14H2,1-4H3,(H,23,27)(H,24,26)/p+1/t19-/m1/s1. The molecular formula is C21H27FN3O2+. The molecular weight excluding hydrogens is 345 g/mol. The molecule has 0 spiro atoms. The van der Waals surface area contributed by atoms with E-state index in [9.17, 15) is 14.0 Å². The van der Waals surface area contributed by atoms with Gasteiger partial charge in [0.25, 0.3) is 11.8 Å². The largest absolute Gasteiger partial charge is 0.347 e. The van der Waals surface area contributed by atoms with E-state index in [1.807, 2.05) is 58.2 Å². The summed E-state index contributed by atoms with van der Waals surface area (Å²) in [5, 5.41) is 5.73. The van der Waals surface area contributed by atoms with Crippen molar-refractivity contribution in [1.29, 1.82) is 0 Å². The second-order valence-electron chi connectivity index (χ2n) is 7.66. The molecule has 2 aromatic rings. The summed E-state index contributed by atoms with van der Waals surface area (Å²) in [5.74, 6) is -0.751. The van der Waals surface area contributed by atoms with E-state index in [4.69, 9.17) is 0 Å². The van der Waals surface area contributed by atoms with Gasteiger partial charge in [-0.3, -0.25) is 9.59 Å². The number of rotatable bonds is 6. The molecule has 2 aromatic carbocycles. The van der Waals surface area contributed by atoms with Gasteiger partial charge in [0, 0.05) is 16.8 Å². The summed E-state index contributed by atoms with van der Waals surface area (Å²) in [5.41, 5.74) is 0.975. The summed E-state index contributed by atoms with van der Waals surface area (Å²) in [4.78, 5) is 26.0. The number of carbonyl (C=O) groups excluding carboxylic acids is 2. The fraction of sp³-hybridized carbons (Fsp3) is 0.333. The molecule has 3 N–H and O–H groups in total. The topological polar surface area (TPSA) is 62.6 Å². The molecule has 0 bridgehead atoms. The fourth-order valence-electron chi connectivity index (χ4n) is 2.87. The van der Waals surface area contributed by atoms with Gasteiger partial charge in [0.05, 0.1) is 7.05 Å². The molecule has 1 unspecified atom stereocenters. The van der Waals surface area contributed by atoms with Crippen LogP contribution in [0, 0.1) is 5.82 Å². The third-order valence-corrected chi connectivity index (χ3v) is 3.95. The Labute approximate surface area is 159 Å². The number of quaternary nitrogens is 1. The highest BCUT2D eigenvalue weighted by Crippen LogP contribution is 2.14. The van der Waals surface area contributed by atoms with E-state index in [1.165, 1.54) is 24.3 Å². The van der Waals surface area contributed by atoms with Crippen LogP contribution in [0.3, 0.4) is 0 Å². The highest BCUT2D eigenvalue weighted by atomic mass is 19.1. The molecule has 144 valence electrons. The summed E-state index contributed by atoms with van der Waals surface area (Å²) in [7, 11) is 1.81. The Kier molecular flexibility index (Phi) is 6.69. The molecule has 2 atom stereocenters. The first-order valence-electron chi connectivity index (χ1n) is 8.90. The predicted molar refractivity (Wildman–Crippen MR) is 104 cm³/mol. The van der Waals surface area contributed by atoms with Crippen LogP contribution in [0.4, 0.5) is 10.1 Å². The van der Waals surface area contributed by atoms with Crippen LogP contribution in [0.15, 0.2) is 54.6 Å². The number of halogens is 1. The minimum atomic E-state index is -0.582. The molecule has 0 aliphatic heterocycles. The maximum absolute atomic E-state index is 13.1. The van der Waals surface area contributed by atoms with E-state index < -0.39 is 6.04 Å². The molecule has 6 heteroatoms. The number of carbonyl (C=O) groups is 2. The lowest BCUT2D eigenvalue weighted by Gasteiger charge is -2.26. The van der Waals surface area contributed by atoms with Gasteiger partial charge in [-0.25, -0.2) is 4.39 Å². The minimum Gasteiger partial charge on any atom is -0.347 e. The zero-order valence-corrected chi connectivity index (χ0v) is 16.2. The lowest BCUT2D eigenvalue weighted by molar-refractivity contribution is -0.894. The highest BCUT2D eigenvalue weighted by molar-refractivity contribution is 5.94. The average Bonchev–Trinajstić information content (AvgIpc) is 2.56. The van der Waals surface area contributed by atoms with E-state index in [0.29, 0.717) is 5.69 Å². The first kappa shape index (κ1) is 20.6. The Morgan fingerprint density at radius 2 is 1.63 bits per heavy atom. The van der Waals surface area contributed by atoms with Crippen molar-refractivity contribution in [2.75, 3.05) is 18.9 Å². The maximum Gasteiger partial charge on any atom is 0.287 e. The Balaban J connectivity index is 2.19. The summed E-state index contributed by atoms with van der Waals surface area (Å²) < 4.78 is 13.1. The molecule has 5 nitrogen and oxygen atoms in total. The third-order valence-electron chi connectivity index (χ3n) is 3.95.